The zero-order chi connectivity index (χ0) is 15.5. The predicted octanol–water partition coefficient (Wildman–Crippen LogP) is 5.46. The maximum Gasteiger partial charge on any atom is 0.252 e. The molecule has 1 aromatic rings. The van der Waals surface area contributed by atoms with E-state index in [1.165, 1.54) is 50.7 Å². The zero-order valence-electron chi connectivity index (χ0n) is 12.8. The van der Waals surface area contributed by atoms with Crippen LogP contribution < -0.4 is 5.32 Å². The molecule has 0 aliphatic heterocycles. The fourth-order valence-electron chi connectivity index (χ4n) is 2.23. The predicted molar refractivity (Wildman–Crippen MR) is 89.0 cm³/mol. The Morgan fingerprint density at radius 2 is 1.71 bits per heavy atom. The molecule has 1 rings (SSSR count). The molecule has 0 unspecified atom stereocenters. The first-order valence-electron chi connectivity index (χ1n) is 7.88. The minimum atomic E-state index is -0.393. The lowest BCUT2D eigenvalue weighted by Gasteiger charge is -2.07. The highest BCUT2D eigenvalue weighted by molar-refractivity contribution is 9.10. The summed E-state index contributed by atoms with van der Waals surface area (Å²) >= 11 is 3.27. The minimum Gasteiger partial charge on any atom is -0.352 e. The average molecular weight is 358 g/mol. The number of carbonyl (C=O) groups excluding carboxylic acids is 1. The van der Waals surface area contributed by atoms with Crippen LogP contribution in [-0.4, -0.2) is 12.5 Å². The van der Waals surface area contributed by atoms with Gasteiger partial charge in [0.1, 0.15) is 5.82 Å². The fraction of sp³-hybridized carbons (Fsp3) is 0.588. The number of rotatable bonds is 10. The third-order valence-electron chi connectivity index (χ3n) is 3.49. The Morgan fingerprint density at radius 1 is 1.10 bits per heavy atom. The second-order valence-electron chi connectivity index (χ2n) is 5.35. The molecular formula is C17H25BrFNO. The van der Waals surface area contributed by atoms with Crippen LogP contribution in [-0.2, 0) is 0 Å². The van der Waals surface area contributed by atoms with Crippen molar-refractivity contribution in [2.45, 2.75) is 58.3 Å². The average Bonchev–Trinajstić information content (AvgIpc) is 2.48. The summed E-state index contributed by atoms with van der Waals surface area (Å²) in [6, 6.07) is 4.15. The molecule has 21 heavy (non-hydrogen) atoms. The van der Waals surface area contributed by atoms with Crippen molar-refractivity contribution in [3.63, 3.8) is 0 Å². The van der Waals surface area contributed by atoms with E-state index in [0.29, 0.717) is 16.6 Å². The van der Waals surface area contributed by atoms with Crippen LogP contribution >= 0.6 is 15.9 Å². The summed E-state index contributed by atoms with van der Waals surface area (Å²) in [4.78, 5) is 11.9. The Labute approximate surface area is 135 Å². The van der Waals surface area contributed by atoms with Crippen molar-refractivity contribution in [1.29, 1.82) is 0 Å². The maximum atomic E-state index is 13.1. The normalized spacial score (nSPS) is 10.6. The molecule has 1 amide bonds. The Bertz CT molecular complexity index is 437. The molecule has 0 heterocycles. The lowest BCUT2D eigenvalue weighted by molar-refractivity contribution is 0.0951. The van der Waals surface area contributed by atoms with Gasteiger partial charge in [0.15, 0.2) is 0 Å². The Kier molecular flexibility index (Phi) is 9.31. The van der Waals surface area contributed by atoms with Gasteiger partial charge in [-0.1, -0.05) is 51.9 Å². The van der Waals surface area contributed by atoms with E-state index in [4.69, 9.17) is 0 Å². The molecule has 118 valence electrons. The molecule has 0 aliphatic carbocycles. The molecule has 1 aromatic carbocycles. The minimum absolute atomic E-state index is 0.218. The second kappa shape index (κ2) is 10.8. The summed E-state index contributed by atoms with van der Waals surface area (Å²) in [7, 11) is 0. The molecule has 1 N–H and O–H groups in total. The largest absolute Gasteiger partial charge is 0.352 e. The van der Waals surface area contributed by atoms with Gasteiger partial charge in [0.2, 0.25) is 0 Å². The van der Waals surface area contributed by atoms with Gasteiger partial charge in [-0.05, 0) is 40.5 Å². The van der Waals surface area contributed by atoms with Gasteiger partial charge < -0.3 is 5.32 Å². The van der Waals surface area contributed by atoms with Crippen LogP contribution in [0.4, 0.5) is 4.39 Å². The number of halogens is 2. The van der Waals surface area contributed by atoms with E-state index in [0.717, 1.165) is 12.8 Å². The van der Waals surface area contributed by atoms with E-state index in [1.54, 1.807) is 6.07 Å². The van der Waals surface area contributed by atoms with Crippen LogP contribution in [0.5, 0.6) is 0 Å². The van der Waals surface area contributed by atoms with Gasteiger partial charge >= 0.3 is 0 Å². The molecule has 4 heteroatoms. The van der Waals surface area contributed by atoms with Gasteiger partial charge in [0.05, 0.1) is 5.56 Å². The molecular weight excluding hydrogens is 333 g/mol. The topological polar surface area (TPSA) is 29.1 Å². The molecule has 0 spiro atoms. The van der Waals surface area contributed by atoms with Crippen molar-refractivity contribution in [2.75, 3.05) is 6.54 Å². The van der Waals surface area contributed by atoms with Crippen molar-refractivity contribution in [3.8, 4) is 0 Å². The van der Waals surface area contributed by atoms with Crippen LogP contribution in [0.25, 0.3) is 0 Å². The number of benzene rings is 1. The molecule has 0 bridgehead atoms. The van der Waals surface area contributed by atoms with Gasteiger partial charge in [0.25, 0.3) is 5.91 Å². The van der Waals surface area contributed by atoms with Crippen molar-refractivity contribution in [3.05, 3.63) is 34.1 Å². The molecule has 2 nitrogen and oxygen atoms in total. The highest BCUT2D eigenvalue weighted by Crippen LogP contribution is 2.17. The molecule has 0 saturated carbocycles. The van der Waals surface area contributed by atoms with Gasteiger partial charge in [-0.15, -0.1) is 0 Å². The highest BCUT2D eigenvalue weighted by Gasteiger charge is 2.10. The quantitative estimate of drug-likeness (QED) is 0.553. The summed E-state index contributed by atoms with van der Waals surface area (Å²) < 4.78 is 13.7. The molecule has 0 saturated heterocycles. The summed E-state index contributed by atoms with van der Waals surface area (Å²) in [5.41, 5.74) is 0.356. The van der Waals surface area contributed by atoms with Crippen LogP contribution in [0.3, 0.4) is 0 Å². The van der Waals surface area contributed by atoms with Gasteiger partial charge in [0, 0.05) is 11.0 Å². The first-order valence-corrected chi connectivity index (χ1v) is 8.67. The van der Waals surface area contributed by atoms with Gasteiger partial charge in [-0.25, -0.2) is 4.39 Å². The Morgan fingerprint density at radius 3 is 2.38 bits per heavy atom. The molecule has 0 aromatic heterocycles. The van der Waals surface area contributed by atoms with Crippen molar-refractivity contribution < 1.29 is 9.18 Å². The number of amides is 1. The summed E-state index contributed by atoms with van der Waals surface area (Å²) in [6.07, 6.45) is 9.88. The van der Waals surface area contributed by atoms with Gasteiger partial charge in [-0.2, -0.15) is 0 Å². The molecule has 0 fully saturated rings. The van der Waals surface area contributed by atoms with E-state index in [2.05, 4.69) is 28.2 Å². The number of unbranched alkanes of at least 4 members (excludes halogenated alkanes) is 7. The summed E-state index contributed by atoms with van der Waals surface area (Å²) in [5.74, 6) is -0.611. The van der Waals surface area contributed by atoms with E-state index < -0.39 is 5.82 Å². The van der Waals surface area contributed by atoms with Crippen LogP contribution in [0, 0.1) is 5.82 Å². The third-order valence-corrected chi connectivity index (χ3v) is 4.18. The van der Waals surface area contributed by atoms with Crippen molar-refractivity contribution in [2.24, 2.45) is 0 Å². The number of carbonyl (C=O) groups is 1. The molecule has 0 atom stereocenters. The lowest BCUT2D eigenvalue weighted by Crippen LogP contribution is -2.24. The van der Waals surface area contributed by atoms with Crippen LogP contribution in [0.1, 0.15) is 68.6 Å². The van der Waals surface area contributed by atoms with Crippen molar-refractivity contribution in [1.82, 2.24) is 5.32 Å². The first kappa shape index (κ1) is 18.1. The fourth-order valence-corrected chi connectivity index (χ4v) is 2.65. The van der Waals surface area contributed by atoms with E-state index in [1.807, 2.05) is 0 Å². The highest BCUT2D eigenvalue weighted by atomic mass is 79.9. The van der Waals surface area contributed by atoms with E-state index >= 15 is 0 Å². The monoisotopic (exact) mass is 357 g/mol. The van der Waals surface area contributed by atoms with E-state index in [9.17, 15) is 9.18 Å². The summed E-state index contributed by atoms with van der Waals surface area (Å²) in [5, 5.41) is 2.84. The number of nitrogens with one attached hydrogen (secondary N) is 1. The Hall–Kier alpha value is -0.900. The molecule has 0 radical (unpaired) electrons. The van der Waals surface area contributed by atoms with Crippen molar-refractivity contribution >= 4 is 21.8 Å². The Balaban J connectivity index is 2.12. The zero-order valence-corrected chi connectivity index (χ0v) is 14.3. The first-order chi connectivity index (χ1) is 10.1. The molecule has 0 aliphatic rings. The van der Waals surface area contributed by atoms with Crippen LogP contribution in [0.2, 0.25) is 0 Å². The summed E-state index contributed by atoms with van der Waals surface area (Å²) in [6.45, 7) is 2.87. The smallest absolute Gasteiger partial charge is 0.252 e. The second-order valence-corrected chi connectivity index (χ2v) is 6.21. The SMILES string of the molecule is CCCCCCCCCCNC(=O)c1cc(F)ccc1Br. The maximum absolute atomic E-state index is 13.1. The van der Waals surface area contributed by atoms with Gasteiger partial charge in [-0.3, -0.25) is 4.79 Å². The van der Waals surface area contributed by atoms with E-state index in [-0.39, 0.29) is 5.91 Å². The third kappa shape index (κ3) is 7.60. The standard InChI is InChI=1S/C17H25BrFNO/c1-2-3-4-5-6-7-8-9-12-20-17(21)15-13-14(19)10-11-16(15)18/h10-11,13H,2-9,12H2,1H3,(H,20,21). The number of hydrogen-bond acceptors (Lipinski definition) is 1. The van der Waals surface area contributed by atoms with Crippen LogP contribution in [0.15, 0.2) is 22.7 Å². The lowest BCUT2D eigenvalue weighted by atomic mass is 10.1. The number of hydrogen-bond donors (Lipinski definition) is 1.